The van der Waals surface area contributed by atoms with Gasteiger partial charge in [0.15, 0.2) is 0 Å². The largest absolute Gasteiger partial charge is 0.309 e. The van der Waals surface area contributed by atoms with Crippen molar-refractivity contribution in [2.45, 2.75) is 5.41 Å². The summed E-state index contributed by atoms with van der Waals surface area (Å²) in [6.07, 6.45) is 0. The molecule has 10 aromatic rings. The van der Waals surface area contributed by atoms with E-state index in [-0.39, 0.29) is 0 Å². The summed E-state index contributed by atoms with van der Waals surface area (Å²) in [6.45, 7) is 0. The molecule has 1 spiro atoms. The summed E-state index contributed by atoms with van der Waals surface area (Å²) in [4.78, 5) is 0. The van der Waals surface area contributed by atoms with Gasteiger partial charge in [0.05, 0.1) is 22.1 Å². The SMILES string of the molecule is c1ccc(-c2cc(-c3ccccc3)cc(-c3ccc4c(c3)C3(c5ccccc5-n5c6ccccc6c6cccc3c65)c3ccccc3P4c3ccccc3)c2)cc1. The van der Waals surface area contributed by atoms with Crippen LogP contribution in [0.1, 0.15) is 22.3 Å². The highest BCUT2D eigenvalue weighted by molar-refractivity contribution is 7.80. The molecule has 0 radical (unpaired) electrons. The molecular weight excluding hydrogens is 706 g/mol. The lowest BCUT2D eigenvalue weighted by Crippen LogP contribution is -2.47. The van der Waals surface area contributed by atoms with Crippen molar-refractivity contribution in [3.8, 4) is 39.1 Å². The van der Waals surface area contributed by atoms with E-state index >= 15 is 0 Å². The molecule has 0 amide bonds. The fourth-order valence-corrected chi connectivity index (χ4v) is 12.7. The van der Waals surface area contributed by atoms with Gasteiger partial charge in [-0.25, -0.2) is 0 Å². The lowest BCUT2D eigenvalue weighted by atomic mass is 9.62. The van der Waals surface area contributed by atoms with Crippen LogP contribution in [0.2, 0.25) is 0 Å². The zero-order valence-electron chi connectivity index (χ0n) is 31.2. The number of benzene rings is 9. The number of fused-ring (bicyclic) bond motifs is 11. The van der Waals surface area contributed by atoms with Crippen LogP contribution in [0.5, 0.6) is 0 Å². The third kappa shape index (κ3) is 4.67. The van der Waals surface area contributed by atoms with E-state index in [4.69, 9.17) is 0 Å². The maximum atomic E-state index is 2.57. The Morgan fingerprint density at radius 3 is 1.61 bits per heavy atom. The van der Waals surface area contributed by atoms with Gasteiger partial charge in [-0.15, -0.1) is 0 Å². The molecule has 57 heavy (non-hydrogen) atoms. The van der Waals surface area contributed by atoms with E-state index in [1.165, 1.54) is 99.0 Å². The normalized spacial score (nSPS) is 16.3. The Morgan fingerprint density at radius 1 is 0.333 bits per heavy atom. The van der Waals surface area contributed by atoms with Crippen molar-refractivity contribution >= 4 is 45.6 Å². The van der Waals surface area contributed by atoms with Gasteiger partial charge in [0.2, 0.25) is 0 Å². The van der Waals surface area contributed by atoms with E-state index in [1.54, 1.807) is 0 Å². The Balaban J connectivity index is 1.22. The predicted octanol–water partition coefficient (Wildman–Crippen LogP) is 12.6. The van der Waals surface area contributed by atoms with E-state index < -0.39 is 13.3 Å². The molecule has 12 rings (SSSR count). The number of para-hydroxylation sites is 3. The van der Waals surface area contributed by atoms with Crippen LogP contribution in [0.15, 0.2) is 218 Å². The lowest BCUT2D eigenvalue weighted by Gasteiger charge is -2.48. The highest BCUT2D eigenvalue weighted by atomic mass is 31.1. The molecule has 2 atom stereocenters. The molecule has 0 saturated carbocycles. The number of hydrogen-bond donors (Lipinski definition) is 0. The summed E-state index contributed by atoms with van der Waals surface area (Å²) >= 11 is 0. The zero-order valence-corrected chi connectivity index (χ0v) is 32.1. The van der Waals surface area contributed by atoms with Gasteiger partial charge in [0, 0.05) is 10.8 Å². The van der Waals surface area contributed by atoms with Crippen molar-refractivity contribution in [3.05, 3.63) is 241 Å². The summed E-state index contributed by atoms with van der Waals surface area (Å²) in [5.74, 6) is 0. The van der Waals surface area contributed by atoms with Crippen LogP contribution in [0, 0.1) is 0 Å². The van der Waals surface area contributed by atoms with E-state index in [1.807, 2.05) is 0 Å². The molecule has 2 aliphatic rings. The molecule has 0 bridgehead atoms. The average Bonchev–Trinajstić information content (AvgIpc) is 3.63. The number of nitrogens with zero attached hydrogens (tertiary/aromatic N) is 1. The Labute approximate surface area is 333 Å². The molecule has 0 saturated heterocycles. The van der Waals surface area contributed by atoms with Gasteiger partial charge < -0.3 is 4.57 Å². The Bertz CT molecular complexity index is 3120. The molecule has 2 heteroatoms. The second-order valence-electron chi connectivity index (χ2n) is 15.3. The first kappa shape index (κ1) is 32.5. The smallest absolute Gasteiger partial charge is 0.0755 e. The van der Waals surface area contributed by atoms with Gasteiger partial charge in [0.1, 0.15) is 0 Å². The molecule has 0 N–H and O–H groups in total. The number of rotatable bonds is 4. The Hall–Kier alpha value is -6.79. The van der Waals surface area contributed by atoms with Gasteiger partial charge in [-0.3, -0.25) is 0 Å². The molecule has 266 valence electrons. The summed E-state index contributed by atoms with van der Waals surface area (Å²) in [7, 11) is -0.857. The first-order valence-electron chi connectivity index (χ1n) is 19.8. The van der Waals surface area contributed by atoms with Gasteiger partial charge in [-0.05, 0) is 116 Å². The summed E-state index contributed by atoms with van der Waals surface area (Å²) < 4.78 is 2.54. The molecule has 3 heterocycles. The van der Waals surface area contributed by atoms with E-state index in [0.717, 1.165) is 0 Å². The number of hydrogen-bond acceptors (Lipinski definition) is 0. The maximum absolute atomic E-state index is 2.57. The molecule has 0 fully saturated rings. The van der Waals surface area contributed by atoms with Gasteiger partial charge >= 0.3 is 0 Å². The highest BCUT2D eigenvalue weighted by Gasteiger charge is 2.51. The van der Waals surface area contributed by atoms with Crippen molar-refractivity contribution in [1.29, 1.82) is 0 Å². The molecule has 0 aliphatic carbocycles. The maximum Gasteiger partial charge on any atom is 0.0755 e. The van der Waals surface area contributed by atoms with Crippen LogP contribution in [0.25, 0.3) is 60.9 Å². The second kappa shape index (κ2) is 12.6. The fourth-order valence-electron chi connectivity index (χ4n) is 10.00. The van der Waals surface area contributed by atoms with Gasteiger partial charge in [-0.1, -0.05) is 182 Å². The standard InChI is InChI=1S/C55H36NP/c1-4-17-37(18-5-1)40-33-41(38-19-6-2-7-20-38)35-42(34-40)39-31-32-53-49(36-39)55(47-26-12-15-30-52(47)57(53)43-21-8-3-9-22-43)46-25-11-14-29-51(46)56-50-28-13-10-23-44(50)45-24-16-27-48(55)54(45)56/h1-36H. The minimum atomic E-state index is -0.857. The first-order valence-corrected chi connectivity index (χ1v) is 21.1. The molecular formula is C55H36NP. The summed E-state index contributed by atoms with van der Waals surface area (Å²) in [5.41, 5.74) is 15.9. The van der Waals surface area contributed by atoms with Gasteiger partial charge in [0.25, 0.3) is 0 Å². The van der Waals surface area contributed by atoms with Crippen LogP contribution in [-0.2, 0) is 5.41 Å². The Morgan fingerprint density at radius 2 is 0.877 bits per heavy atom. The molecule has 1 aromatic heterocycles. The molecule has 1 nitrogen and oxygen atoms in total. The van der Waals surface area contributed by atoms with Crippen molar-refractivity contribution in [1.82, 2.24) is 4.57 Å². The van der Waals surface area contributed by atoms with Crippen LogP contribution in [-0.4, -0.2) is 4.57 Å². The lowest BCUT2D eigenvalue weighted by molar-refractivity contribution is 0.735. The predicted molar refractivity (Wildman–Crippen MR) is 241 cm³/mol. The van der Waals surface area contributed by atoms with Crippen molar-refractivity contribution < 1.29 is 0 Å². The van der Waals surface area contributed by atoms with Crippen LogP contribution in [0.3, 0.4) is 0 Å². The Kier molecular flexibility index (Phi) is 7.18. The molecule has 9 aromatic carbocycles. The zero-order chi connectivity index (χ0) is 37.5. The molecule has 2 unspecified atom stereocenters. The van der Waals surface area contributed by atoms with E-state index in [0.29, 0.717) is 0 Å². The van der Waals surface area contributed by atoms with Gasteiger partial charge in [-0.2, -0.15) is 0 Å². The van der Waals surface area contributed by atoms with Crippen molar-refractivity contribution in [2.24, 2.45) is 0 Å². The topological polar surface area (TPSA) is 4.93 Å². The third-order valence-corrected chi connectivity index (χ3v) is 14.9. The molecule has 2 aliphatic heterocycles. The quantitative estimate of drug-likeness (QED) is 0.158. The fraction of sp³-hybridized carbons (Fsp3) is 0.0182. The monoisotopic (exact) mass is 741 g/mol. The first-order chi connectivity index (χ1) is 28.3. The van der Waals surface area contributed by atoms with Crippen LogP contribution >= 0.6 is 7.92 Å². The van der Waals surface area contributed by atoms with Crippen LogP contribution < -0.4 is 15.9 Å². The van der Waals surface area contributed by atoms with E-state index in [9.17, 15) is 0 Å². The summed E-state index contributed by atoms with van der Waals surface area (Å²) in [5, 5.41) is 6.80. The van der Waals surface area contributed by atoms with Crippen molar-refractivity contribution in [3.63, 3.8) is 0 Å². The second-order valence-corrected chi connectivity index (χ2v) is 17.4. The minimum absolute atomic E-state index is 0.560. The minimum Gasteiger partial charge on any atom is -0.309 e. The number of aromatic nitrogens is 1. The third-order valence-electron chi connectivity index (χ3n) is 12.3. The highest BCUT2D eigenvalue weighted by Crippen LogP contribution is 2.58. The van der Waals surface area contributed by atoms with Crippen LogP contribution in [0.4, 0.5) is 0 Å². The summed E-state index contributed by atoms with van der Waals surface area (Å²) in [6, 6.07) is 81.9. The van der Waals surface area contributed by atoms with E-state index in [2.05, 4.69) is 223 Å². The average molecular weight is 742 g/mol. The van der Waals surface area contributed by atoms with Crippen molar-refractivity contribution in [2.75, 3.05) is 0 Å².